The van der Waals surface area contributed by atoms with Gasteiger partial charge in [-0.1, -0.05) is 37.1 Å². The molecule has 2 aliphatic heterocycles. The van der Waals surface area contributed by atoms with E-state index < -0.39 is 11.9 Å². The van der Waals surface area contributed by atoms with Crippen LogP contribution in [0.15, 0.2) is 24.3 Å². The average molecular weight is 373 g/mol. The van der Waals surface area contributed by atoms with Crippen molar-refractivity contribution in [3.05, 3.63) is 35.4 Å². The first-order valence-electron chi connectivity index (χ1n) is 10.2. The van der Waals surface area contributed by atoms with E-state index >= 15 is 0 Å². The van der Waals surface area contributed by atoms with Gasteiger partial charge in [0.05, 0.1) is 5.92 Å². The molecule has 2 fully saturated rings. The van der Waals surface area contributed by atoms with E-state index in [1.54, 1.807) is 4.90 Å². The van der Waals surface area contributed by atoms with Crippen LogP contribution in [-0.2, 0) is 17.9 Å². The van der Waals surface area contributed by atoms with Crippen LogP contribution in [0.2, 0.25) is 0 Å². The summed E-state index contributed by atoms with van der Waals surface area (Å²) in [5.41, 5.74) is 2.41. The molecule has 1 aromatic carbocycles. The van der Waals surface area contributed by atoms with Gasteiger partial charge in [-0.15, -0.1) is 0 Å². The highest BCUT2D eigenvalue weighted by Gasteiger charge is 2.28. The number of likely N-dealkylation sites (tertiary alicyclic amines) is 2. The number of hydrogen-bond donors (Lipinski definition) is 2. The van der Waals surface area contributed by atoms with E-state index in [0.717, 1.165) is 31.6 Å². The van der Waals surface area contributed by atoms with Crippen LogP contribution in [0.1, 0.15) is 49.7 Å². The highest BCUT2D eigenvalue weighted by molar-refractivity contribution is 5.76. The molecule has 2 heterocycles. The van der Waals surface area contributed by atoms with Crippen molar-refractivity contribution in [1.29, 1.82) is 0 Å². The first kappa shape index (κ1) is 19.7. The summed E-state index contributed by atoms with van der Waals surface area (Å²) in [6.45, 7) is 4.63. The zero-order valence-electron chi connectivity index (χ0n) is 16.0. The van der Waals surface area contributed by atoms with Gasteiger partial charge in [0.1, 0.15) is 0 Å². The molecule has 2 saturated heterocycles. The summed E-state index contributed by atoms with van der Waals surface area (Å²) in [6.07, 6.45) is 6.56. The Morgan fingerprint density at radius 3 is 2.41 bits per heavy atom. The molecule has 0 saturated carbocycles. The molecule has 27 heavy (non-hydrogen) atoms. The molecule has 0 spiro atoms. The van der Waals surface area contributed by atoms with Crippen molar-refractivity contribution in [3.63, 3.8) is 0 Å². The Balaban J connectivity index is 1.56. The van der Waals surface area contributed by atoms with Gasteiger partial charge in [0.2, 0.25) is 0 Å². The molecule has 0 radical (unpaired) electrons. The number of carboxylic acids is 1. The fourth-order valence-corrected chi connectivity index (χ4v) is 4.07. The predicted molar refractivity (Wildman–Crippen MR) is 104 cm³/mol. The summed E-state index contributed by atoms with van der Waals surface area (Å²) in [5.74, 6) is -1.25. The Bertz CT molecular complexity index is 641. The van der Waals surface area contributed by atoms with Crippen molar-refractivity contribution in [2.75, 3.05) is 26.2 Å². The van der Waals surface area contributed by atoms with Gasteiger partial charge in [0.15, 0.2) is 0 Å². The maximum atomic E-state index is 12.5. The number of benzene rings is 1. The van der Waals surface area contributed by atoms with E-state index in [-0.39, 0.29) is 6.03 Å². The lowest BCUT2D eigenvalue weighted by Gasteiger charge is -2.31. The molecule has 0 aliphatic carbocycles. The van der Waals surface area contributed by atoms with Crippen molar-refractivity contribution >= 4 is 12.0 Å². The van der Waals surface area contributed by atoms with E-state index in [0.29, 0.717) is 26.1 Å². The monoisotopic (exact) mass is 373 g/mol. The van der Waals surface area contributed by atoms with Crippen LogP contribution in [-0.4, -0.2) is 53.1 Å². The van der Waals surface area contributed by atoms with Gasteiger partial charge in [-0.3, -0.25) is 9.69 Å². The van der Waals surface area contributed by atoms with Gasteiger partial charge in [-0.05, 0) is 49.9 Å². The lowest BCUT2D eigenvalue weighted by atomic mass is 9.99. The second-order valence-electron chi connectivity index (χ2n) is 7.74. The number of nitrogens with zero attached hydrogens (tertiary/aromatic N) is 2. The number of carbonyl (C=O) groups is 2. The lowest BCUT2D eigenvalue weighted by molar-refractivity contribution is -0.143. The summed E-state index contributed by atoms with van der Waals surface area (Å²) in [6, 6.07) is 8.12. The molecule has 2 aliphatic rings. The van der Waals surface area contributed by atoms with Crippen molar-refractivity contribution in [3.8, 4) is 0 Å². The second kappa shape index (κ2) is 9.74. The van der Waals surface area contributed by atoms with Crippen LogP contribution >= 0.6 is 0 Å². The topological polar surface area (TPSA) is 72.9 Å². The van der Waals surface area contributed by atoms with Gasteiger partial charge in [0.25, 0.3) is 0 Å². The minimum Gasteiger partial charge on any atom is -0.481 e. The van der Waals surface area contributed by atoms with Crippen LogP contribution < -0.4 is 5.32 Å². The summed E-state index contributed by atoms with van der Waals surface area (Å²) in [7, 11) is 0. The molecular weight excluding hydrogens is 342 g/mol. The zero-order valence-corrected chi connectivity index (χ0v) is 16.0. The van der Waals surface area contributed by atoms with Crippen LogP contribution in [0.4, 0.5) is 4.79 Å². The van der Waals surface area contributed by atoms with Crippen molar-refractivity contribution in [1.82, 2.24) is 15.1 Å². The van der Waals surface area contributed by atoms with E-state index in [4.69, 9.17) is 0 Å². The Labute approximate surface area is 161 Å². The molecule has 148 valence electrons. The highest BCUT2D eigenvalue weighted by atomic mass is 16.4. The molecule has 3 rings (SSSR count). The Morgan fingerprint density at radius 1 is 1.00 bits per heavy atom. The Hall–Kier alpha value is -2.08. The third-order valence-corrected chi connectivity index (χ3v) is 5.70. The number of amides is 2. The molecule has 2 N–H and O–H groups in total. The quantitative estimate of drug-likeness (QED) is 0.832. The second-order valence-corrected chi connectivity index (χ2v) is 7.74. The third kappa shape index (κ3) is 5.70. The van der Waals surface area contributed by atoms with Gasteiger partial charge in [0, 0.05) is 26.2 Å². The first-order valence-corrected chi connectivity index (χ1v) is 10.2. The Morgan fingerprint density at radius 2 is 1.70 bits per heavy atom. The summed E-state index contributed by atoms with van der Waals surface area (Å²) in [5, 5.41) is 12.2. The van der Waals surface area contributed by atoms with Crippen LogP contribution in [0, 0.1) is 5.92 Å². The standard InChI is InChI=1S/C21H31N3O3/c25-20(26)19-10-7-13-24(16-19)21(27)22-14-17-8-3-4-9-18(17)15-23-11-5-1-2-6-12-23/h3-4,8-9,19H,1-2,5-7,10-16H2,(H,22,27)(H,25,26). The molecule has 1 atom stereocenters. The maximum Gasteiger partial charge on any atom is 0.317 e. The van der Waals surface area contributed by atoms with Crippen molar-refractivity contribution in [2.24, 2.45) is 5.92 Å². The van der Waals surface area contributed by atoms with E-state index in [9.17, 15) is 14.7 Å². The number of aliphatic carboxylic acids is 1. The van der Waals surface area contributed by atoms with E-state index in [2.05, 4.69) is 28.4 Å². The van der Waals surface area contributed by atoms with Crippen molar-refractivity contribution < 1.29 is 14.7 Å². The number of hydrogen-bond acceptors (Lipinski definition) is 3. The normalized spacial score (nSPS) is 21.5. The summed E-state index contributed by atoms with van der Waals surface area (Å²) >= 11 is 0. The molecule has 2 amide bonds. The smallest absolute Gasteiger partial charge is 0.317 e. The average Bonchev–Trinajstić information content (AvgIpc) is 2.96. The molecule has 6 heteroatoms. The number of carbonyl (C=O) groups excluding carboxylic acids is 1. The number of rotatable bonds is 5. The van der Waals surface area contributed by atoms with Crippen molar-refractivity contribution in [2.45, 2.75) is 51.6 Å². The number of nitrogens with one attached hydrogen (secondary N) is 1. The lowest BCUT2D eigenvalue weighted by Crippen LogP contribution is -2.46. The van der Waals surface area contributed by atoms with Gasteiger partial charge in [-0.25, -0.2) is 4.79 Å². The first-order chi connectivity index (χ1) is 13.1. The van der Waals surface area contributed by atoms with Gasteiger partial charge < -0.3 is 15.3 Å². The SMILES string of the molecule is O=C(O)C1CCCN(C(=O)NCc2ccccc2CN2CCCCCC2)C1. The largest absolute Gasteiger partial charge is 0.481 e. The fourth-order valence-electron chi connectivity index (χ4n) is 4.07. The minimum absolute atomic E-state index is 0.162. The van der Waals surface area contributed by atoms with Gasteiger partial charge in [-0.2, -0.15) is 0 Å². The molecular formula is C21H31N3O3. The third-order valence-electron chi connectivity index (χ3n) is 5.70. The molecule has 1 aromatic rings. The number of urea groups is 1. The predicted octanol–water partition coefficient (Wildman–Crippen LogP) is 3.07. The van der Waals surface area contributed by atoms with E-state index in [1.807, 2.05) is 6.07 Å². The van der Waals surface area contributed by atoms with E-state index in [1.165, 1.54) is 31.2 Å². The zero-order chi connectivity index (χ0) is 19.1. The minimum atomic E-state index is -0.810. The van der Waals surface area contributed by atoms with Gasteiger partial charge >= 0.3 is 12.0 Å². The van der Waals surface area contributed by atoms with Crippen LogP contribution in [0.3, 0.4) is 0 Å². The maximum absolute atomic E-state index is 12.5. The number of carboxylic acid groups (broad SMARTS) is 1. The molecule has 0 aromatic heterocycles. The Kier molecular flexibility index (Phi) is 7.10. The van der Waals surface area contributed by atoms with Crippen LogP contribution in [0.25, 0.3) is 0 Å². The summed E-state index contributed by atoms with van der Waals surface area (Å²) in [4.78, 5) is 27.8. The highest BCUT2D eigenvalue weighted by Crippen LogP contribution is 2.18. The fraction of sp³-hybridized carbons (Fsp3) is 0.619. The molecule has 6 nitrogen and oxygen atoms in total. The molecule has 1 unspecified atom stereocenters. The summed E-state index contributed by atoms with van der Waals surface area (Å²) < 4.78 is 0. The van der Waals surface area contributed by atoms with Crippen LogP contribution in [0.5, 0.6) is 0 Å². The number of piperidine rings is 1. The molecule has 0 bridgehead atoms.